The van der Waals surface area contributed by atoms with E-state index in [0.29, 0.717) is 11.4 Å². The number of amides is 2. The second-order valence-corrected chi connectivity index (χ2v) is 8.34. The monoisotopic (exact) mass is 468 g/mol. The summed E-state index contributed by atoms with van der Waals surface area (Å²) in [5.41, 5.74) is 7.45. The van der Waals surface area contributed by atoms with E-state index in [-0.39, 0.29) is 29.2 Å². The number of pyridine rings is 2. The van der Waals surface area contributed by atoms with Crippen LogP contribution in [0.15, 0.2) is 36.9 Å². The maximum absolute atomic E-state index is 14.9. The summed E-state index contributed by atoms with van der Waals surface area (Å²) in [7, 11) is 0. The number of carbonyl (C=O) groups is 2. The molecule has 1 aliphatic rings. The van der Waals surface area contributed by atoms with E-state index in [1.807, 2.05) is 13.1 Å². The first kappa shape index (κ1) is 23.0. The quantitative estimate of drug-likeness (QED) is 0.320. The van der Waals surface area contributed by atoms with Crippen LogP contribution in [0.2, 0.25) is 0 Å². The van der Waals surface area contributed by atoms with Crippen LogP contribution in [0.5, 0.6) is 0 Å². The zero-order valence-electron chi connectivity index (χ0n) is 18.6. The summed E-state index contributed by atoms with van der Waals surface area (Å²) in [6.45, 7) is 3.62. The number of carbonyl (C=O) groups excluding carboxylic acids is 1. The Morgan fingerprint density at radius 1 is 1.24 bits per heavy atom. The van der Waals surface area contributed by atoms with Crippen molar-refractivity contribution in [2.75, 3.05) is 10.6 Å². The molecule has 2 amide bonds. The lowest BCUT2D eigenvalue weighted by Gasteiger charge is -2.26. The average molecular weight is 468 g/mol. The summed E-state index contributed by atoms with van der Waals surface area (Å²) < 4.78 is 16.5. The number of hydrogen-bond acceptors (Lipinski definition) is 7. The van der Waals surface area contributed by atoms with Crippen molar-refractivity contribution >= 4 is 29.3 Å². The fourth-order valence-corrected chi connectivity index (χ4v) is 3.73. The fraction of sp³-hybridized carbons (Fsp3) is 0.318. The van der Waals surface area contributed by atoms with Gasteiger partial charge in [0.05, 0.1) is 41.6 Å². The molecule has 1 fully saturated rings. The van der Waals surface area contributed by atoms with Gasteiger partial charge in [-0.3, -0.25) is 9.78 Å². The zero-order chi connectivity index (χ0) is 24.4. The molecule has 34 heavy (non-hydrogen) atoms. The lowest BCUT2D eigenvalue weighted by molar-refractivity contribution is 0.1000. The molecule has 1 aliphatic carbocycles. The third kappa shape index (κ3) is 5.22. The van der Waals surface area contributed by atoms with Gasteiger partial charge in [0.15, 0.2) is 11.6 Å². The van der Waals surface area contributed by atoms with Gasteiger partial charge in [-0.05, 0) is 50.3 Å². The van der Waals surface area contributed by atoms with Crippen LogP contribution in [0.25, 0.3) is 5.69 Å². The van der Waals surface area contributed by atoms with Crippen molar-refractivity contribution in [2.24, 2.45) is 11.7 Å². The summed E-state index contributed by atoms with van der Waals surface area (Å²) in [5.74, 6) is -1.53. The molecule has 11 nitrogen and oxygen atoms in total. The van der Waals surface area contributed by atoms with Crippen molar-refractivity contribution in [1.82, 2.24) is 25.1 Å². The molecule has 0 aliphatic heterocycles. The Morgan fingerprint density at radius 3 is 2.62 bits per heavy atom. The number of carboxylic acid groups (broad SMARTS) is 1. The van der Waals surface area contributed by atoms with Crippen LogP contribution in [-0.2, 0) is 0 Å². The van der Waals surface area contributed by atoms with E-state index in [2.05, 4.69) is 31.0 Å². The van der Waals surface area contributed by atoms with Crippen LogP contribution in [-0.4, -0.2) is 48.9 Å². The van der Waals surface area contributed by atoms with Gasteiger partial charge in [0.1, 0.15) is 5.82 Å². The first-order valence-electron chi connectivity index (χ1n) is 10.7. The van der Waals surface area contributed by atoms with Crippen molar-refractivity contribution in [3.05, 3.63) is 53.9 Å². The third-order valence-corrected chi connectivity index (χ3v) is 5.53. The molecule has 3 heterocycles. The molecule has 178 valence electrons. The maximum atomic E-state index is 14.9. The third-order valence-electron chi connectivity index (χ3n) is 5.53. The molecule has 1 saturated carbocycles. The molecule has 0 bridgehead atoms. The van der Waals surface area contributed by atoms with Gasteiger partial charge in [-0.25, -0.2) is 18.9 Å². The van der Waals surface area contributed by atoms with Crippen LogP contribution in [0.4, 0.5) is 26.5 Å². The molecule has 0 unspecified atom stereocenters. The van der Waals surface area contributed by atoms with Crippen LogP contribution >= 0.6 is 0 Å². The van der Waals surface area contributed by atoms with Crippen LogP contribution in [0.3, 0.4) is 0 Å². The number of nitrogens with one attached hydrogen (secondary N) is 3. The normalized spacial score (nSPS) is 14.8. The Labute approximate surface area is 194 Å². The summed E-state index contributed by atoms with van der Waals surface area (Å²) in [6, 6.07) is 1.89. The summed E-state index contributed by atoms with van der Waals surface area (Å²) in [5, 5.41) is 21.7. The Hall–Kier alpha value is -4.22. The van der Waals surface area contributed by atoms with Crippen LogP contribution in [0.1, 0.15) is 35.7 Å². The summed E-state index contributed by atoms with van der Waals surface area (Å²) >= 11 is 0. The number of primary amides is 1. The minimum Gasteiger partial charge on any atom is -0.465 e. The predicted octanol–water partition coefficient (Wildman–Crippen LogP) is 2.80. The molecule has 0 radical (unpaired) electrons. The molecule has 3 aromatic rings. The second-order valence-electron chi connectivity index (χ2n) is 8.34. The number of rotatable bonds is 9. The molecule has 3 aromatic heterocycles. The Kier molecular flexibility index (Phi) is 6.30. The average Bonchev–Trinajstić information content (AvgIpc) is 3.52. The van der Waals surface area contributed by atoms with Crippen LogP contribution < -0.4 is 21.7 Å². The van der Waals surface area contributed by atoms with Gasteiger partial charge in [0.2, 0.25) is 0 Å². The number of anilines is 3. The molecular formula is C22H25FN8O3. The topological polar surface area (TPSA) is 160 Å². The van der Waals surface area contributed by atoms with E-state index in [4.69, 9.17) is 10.8 Å². The van der Waals surface area contributed by atoms with E-state index in [1.165, 1.54) is 6.20 Å². The number of aryl methyl sites for hydroxylation is 1. The number of aromatic nitrogens is 4. The van der Waals surface area contributed by atoms with Crippen molar-refractivity contribution in [1.29, 1.82) is 0 Å². The molecule has 0 saturated heterocycles. The Bertz CT molecular complexity index is 1230. The number of halogens is 1. The van der Waals surface area contributed by atoms with Gasteiger partial charge in [-0.2, -0.15) is 5.10 Å². The second kappa shape index (κ2) is 9.33. The van der Waals surface area contributed by atoms with E-state index < -0.39 is 23.9 Å². The zero-order valence-corrected chi connectivity index (χ0v) is 18.6. The molecule has 0 aromatic carbocycles. The number of hydrogen-bond donors (Lipinski definition) is 5. The minimum atomic E-state index is -1.17. The van der Waals surface area contributed by atoms with Crippen molar-refractivity contribution < 1.29 is 19.1 Å². The van der Waals surface area contributed by atoms with Crippen molar-refractivity contribution in [3.8, 4) is 5.69 Å². The lowest BCUT2D eigenvalue weighted by Crippen LogP contribution is -2.45. The van der Waals surface area contributed by atoms with Crippen molar-refractivity contribution in [2.45, 2.75) is 38.8 Å². The van der Waals surface area contributed by atoms with E-state index in [1.54, 1.807) is 30.1 Å². The highest BCUT2D eigenvalue weighted by Gasteiger charge is 2.36. The van der Waals surface area contributed by atoms with Gasteiger partial charge >= 0.3 is 6.09 Å². The van der Waals surface area contributed by atoms with Gasteiger partial charge in [-0.15, -0.1) is 0 Å². The van der Waals surface area contributed by atoms with Gasteiger partial charge in [0, 0.05) is 12.2 Å². The minimum absolute atomic E-state index is 0.0420. The molecular weight excluding hydrogens is 443 g/mol. The maximum Gasteiger partial charge on any atom is 0.404 e. The summed E-state index contributed by atoms with van der Waals surface area (Å²) in [6.07, 6.45) is 7.30. The molecule has 12 heteroatoms. The predicted molar refractivity (Wildman–Crippen MR) is 123 cm³/mol. The van der Waals surface area contributed by atoms with Gasteiger partial charge < -0.3 is 26.8 Å². The molecule has 6 N–H and O–H groups in total. The van der Waals surface area contributed by atoms with Gasteiger partial charge in [0.25, 0.3) is 5.91 Å². The molecule has 4 rings (SSSR count). The van der Waals surface area contributed by atoms with Crippen LogP contribution in [0, 0.1) is 18.7 Å². The smallest absolute Gasteiger partial charge is 0.404 e. The van der Waals surface area contributed by atoms with E-state index in [0.717, 1.165) is 24.5 Å². The molecule has 0 spiro atoms. The van der Waals surface area contributed by atoms with E-state index in [9.17, 15) is 14.0 Å². The highest BCUT2D eigenvalue weighted by Crippen LogP contribution is 2.36. The summed E-state index contributed by atoms with van der Waals surface area (Å²) in [4.78, 5) is 31.5. The Morgan fingerprint density at radius 2 is 2.00 bits per heavy atom. The SMILES string of the molecule is Cc1cnn(-c2cncc(Nc3nc(N[C@H](C4CC4)[C@H](C)NC(=O)O)c(F)cc3C(N)=O)c2)c1. The van der Waals surface area contributed by atoms with Gasteiger partial charge in [-0.1, -0.05) is 0 Å². The molecule has 2 atom stereocenters. The first-order valence-corrected chi connectivity index (χ1v) is 10.7. The highest BCUT2D eigenvalue weighted by molar-refractivity contribution is 5.98. The fourth-order valence-electron chi connectivity index (χ4n) is 3.73. The standard InChI is InChI=1S/C22H25FN8O3/c1-11-7-26-31(10-11)15-5-14(8-25-9-15)28-20-16(19(24)32)6-17(23)21(30-20)29-18(13-3-4-13)12(2)27-22(33)34/h5-10,12-13,18,27H,3-4H2,1-2H3,(H2,24,32)(H,33,34)(H2,28,29,30)/t12-,18-/m0/s1. The van der Waals surface area contributed by atoms with Crippen molar-refractivity contribution in [3.63, 3.8) is 0 Å². The first-order chi connectivity index (χ1) is 16.2. The number of nitrogens with zero attached hydrogens (tertiary/aromatic N) is 4. The lowest BCUT2D eigenvalue weighted by atomic mass is 10.0. The Balaban J connectivity index is 1.64. The number of nitrogens with two attached hydrogens (primary N) is 1. The van der Waals surface area contributed by atoms with E-state index >= 15 is 0 Å². The highest BCUT2D eigenvalue weighted by atomic mass is 19.1. The largest absolute Gasteiger partial charge is 0.465 e.